The summed E-state index contributed by atoms with van der Waals surface area (Å²) < 4.78 is 6.10. The molecule has 0 N–H and O–H groups in total. The molecule has 3 heteroatoms. The minimum atomic E-state index is -0.281. The van der Waals surface area contributed by atoms with E-state index >= 15 is 0 Å². The Bertz CT molecular complexity index is 1020. The smallest absolute Gasteiger partial charge is 0.320 e. The highest BCUT2D eigenvalue weighted by Crippen LogP contribution is 2.67. The molecule has 3 saturated carbocycles. The topological polar surface area (TPSA) is 26.3 Å². The van der Waals surface area contributed by atoms with Crippen molar-refractivity contribution >= 4 is 21.9 Å². The molecule has 216 valence electrons. The van der Waals surface area contributed by atoms with Gasteiger partial charge in [-0.25, -0.2) is 0 Å². The van der Waals surface area contributed by atoms with Crippen molar-refractivity contribution in [3.8, 4) is 0 Å². The first-order valence-electron chi connectivity index (χ1n) is 16.2. The highest BCUT2D eigenvalue weighted by Gasteiger charge is 2.59. The standard InChI is InChI=1S/C36H53BrO2/c1-24(2)10-9-11-25(3)30-16-17-31-29-15-14-27-23-28(18-20-35(27,4)32(29)19-21-36(30,31)5)39-34(38)33(37)22-26-12-7-6-8-13-26/h6-8,12-14,24-25,28-33H,9-11,15-23H2,1-5H3/t25-,28+,29-,30+,31+,32-,33-,35+,36-/m1/s1. The third-order valence-electron chi connectivity index (χ3n) is 12.1. The van der Waals surface area contributed by atoms with Gasteiger partial charge in [0.15, 0.2) is 0 Å². The van der Waals surface area contributed by atoms with Crippen LogP contribution in [-0.4, -0.2) is 16.9 Å². The molecule has 0 spiro atoms. The van der Waals surface area contributed by atoms with Crippen molar-refractivity contribution in [3.05, 3.63) is 47.5 Å². The van der Waals surface area contributed by atoms with Crippen LogP contribution in [0.2, 0.25) is 0 Å². The van der Waals surface area contributed by atoms with E-state index in [1.54, 1.807) is 5.57 Å². The lowest BCUT2D eigenvalue weighted by Gasteiger charge is -2.58. The Morgan fingerprint density at radius 2 is 1.77 bits per heavy atom. The summed E-state index contributed by atoms with van der Waals surface area (Å²) >= 11 is 3.61. The van der Waals surface area contributed by atoms with E-state index < -0.39 is 0 Å². The number of hydrogen-bond acceptors (Lipinski definition) is 2. The van der Waals surface area contributed by atoms with Crippen LogP contribution in [0.3, 0.4) is 0 Å². The fourth-order valence-corrected chi connectivity index (χ4v) is 10.4. The largest absolute Gasteiger partial charge is 0.461 e. The van der Waals surface area contributed by atoms with Gasteiger partial charge in [0.25, 0.3) is 0 Å². The molecular formula is C36H53BrO2. The van der Waals surface area contributed by atoms with Crippen LogP contribution >= 0.6 is 15.9 Å². The molecule has 0 saturated heterocycles. The van der Waals surface area contributed by atoms with Crippen molar-refractivity contribution in [2.24, 2.45) is 46.3 Å². The lowest BCUT2D eigenvalue weighted by Crippen LogP contribution is -2.51. The molecule has 5 rings (SSSR count). The Balaban J connectivity index is 1.21. The molecule has 0 bridgehead atoms. The number of ether oxygens (including phenoxy) is 1. The number of carbonyl (C=O) groups excluding carboxylic acids is 1. The van der Waals surface area contributed by atoms with Crippen molar-refractivity contribution in [2.45, 2.75) is 123 Å². The first-order valence-corrected chi connectivity index (χ1v) is 17.1. The van der Waals surface area contributed by atoms with Gasteiger partial charge in [0, 0.05) is 6.42 Å². The summed E-state index contributed by atoms with van der Waals surface area (Å²) in [6, 6.07) is 10.2. The second kappa shape index (κ2) is 12.0. The molecule has 2 nitrogen and oxygen atoms in total. The van der Waals surface area contributed by atoms with Crippen LogP contribution in [0.25, 0.3) is 0 Å². The van der Waals surface area contributed by atoms with Crippen molar-refractivity contribution in [3.63, 3.8) is 0 Å². The molecule has 0 radical (unpaired) electrons. The van der Waals surface area contributed by atoms with E-state index in [1.807, 2.05) is 18.2 Å². The number of halogens is 1. The van der Waals surface area contributed by atoms with E-state index in [-0.39, 0.29) is 16.9 Å². The molecule has 39 heavy (non-hydrogen) atoms. The summed E-state index contributed by atoms with van der Waals surface area (Å²) in [5, 5.41) is 0. The number of benzene rings is 1. The van der Waals surface area contributed by atoms with Gasteiger partial charge in [0.2, 0.25) is 0 Å². The summed E-state index contributed by atoms with van der Waals surface area (Å²) in [5.74, 6) is 5.06. The zero-order valence-electron chi connectivity index (χ0n) is 25.3. The molecule has 0 heterocycles. The minimum absolute atomic E-state index is 0.0283. The van der Waals surface area contributed by atoms with Gasteiger partial charge in [-0.1, -0.05) is 112 Å². The zero-order valence-corrected chi connectivity index (χ0v) is 26.8. The van der Waals surface area contributed by atoms with Crippen molar-refractivity contribution in [2.75, 3.05) is 0 Å². The number of allylic oxidation sites excluding steroid dienone is 1. The maximum Gasteiger partial charge on any atom is 0.320 e. The number of hydrogen-bond donors (Lipinski definition) is 0. The fourth-order valence-electron chi connectivity index (χ4n) is 9.90. The predicted molar refractivity (Wildman–Crippen MR) is 166 cm³/mol. The summed E-state index contributed by atoms with van der Waals surface area (Å²) in [7, 11) is 0. The number of fused-ring (bicyclic) bond motifs is 5. The summed E-state index contributed by atoms with van der Waals surface area (Å²) in [5.41, 5.74) is 3.60. The van der Waals surface area contributed by atoms with Crippen molar-refractivity contribution in [1.82, 2.24) is 0 Å². The lowest BCUT2D eigenvalue weighted by molar-refractivity contribution is -0.150. The predicted octanol–water partition coefficient (Wildman–Crippen LogP) is 9.95. The Morgan fingerprint density at radius 1 is 1.00 bits per heavy atom. The van der Waals surface area contributed by atoms with E-state index in [4.69, 9.17) is 4.74 Å². The van der Waals surface area contributed by atoms with Crippen LogP contribution < -0.4 is 0 Å². The molecule has 9 atom stereocenters. The van der Waals surface area contributed by atoms with Crippen LogP contribution in [0.4, 0.5) is 0 Å². The van der Waals surface area contributed by atoms with Crippen molar-refractivity contribution < 1.29 is 9.53 Å². The Labute approximate surface area is 247 Å². The number of alkyl halides is 1. The third kappa shape index (κ3) is 5.96. The van der Waals surface area contributed by atoms with E-state index in [2.05, 4.69) is 68.8 Å². The summed E-state index contributed by atoms with van der Waals surface area (Å²) in [6.45, 7) is 12.6. The molecule has 4 aliphatic rings. The van der Waals surface area contributed by atoms with Gasteiger partial charge in [-0.2, -0.15) is 0 Å². The molecule has 1 aromatic carbocycles. The van der Waals surface area contributed by atoms with Crippen LogP contribution in [-0.2, 0) is 16.0 Å². The van der Waals surface area contributed by atoms with Crippen molar-refractivity contribution in [1.29, 1.82) is 0 Å². The average Bonchev–Trinajstić information content (AvgIpc) is 3.26. The second-order valence-electron chi connectivity index (χ2n) is 14.7. The van der Waals surface area contributed by atoms with E-state index in [0.717, 1.165) is 53.9 Å². The van der Waals surface area contributed by atoms with Gasteiger partial charge >= 0.3 is 5.97 Å². The minimum Gasteiger partial charge on any atom is -0.461 e. The van der Waals surface area contributed by atoms with Gasteiger partial charge in [-0.3, -0.25) is 4.79 Å². The molecular weight excluding hydrogens is 544 g/mol. The molecule has 0 amide bonds. The van der Waals surface area contributed by atoms with Gasteiger partial charge in [0.1, 0.15) is 10.9 Å². The van der Waals surface area contributed by atoms with E-state index in [9.17, 15) is 4.79 Å². The Morgan fingerprint density at radius 3 is 2.51 bits per heavy atom. The maximum absolute atomic E-state index is 12.9. The monoisotopic (exact) mass is 596 g/mol. The molecule has 4 aliphatic carbocycles. The van der Waals surface area contributed by atoms with Crippen LogP contribution in [0.15, 0.2) is 42.0 Å². The average molecular weight is 598 g/mol. The third-order valence-corrected chi connectivity index (χ3v) is 12.8. The second-order valence-corrected chi connectivity index (χ2v) is 15.9. The highest BCUT2D eigenvalue weighted by molar-refractivity contribution is 9.10. The Kier molecular flexibility index (Phi) is 9.07. The normalized spacial score (nSPS) is 37.3. The molecule has 3 fully saturated rings. The number of rotatable bonds is 9. The number of carbonyl (C=O) groups is 1. The van der Waals surface area contributed by atoms with Gasteiger partial charge < -0.3 is 4.74 Å². The Hall–Kier alpha value is -1.09. The van der Waals surface area contributed by atoms with E-state index in [1.165, 1.54) is 57.8 Å². The first-order chi connectivity index (χ1) is 18.6. The van der Waals surface area contributed by atoms with Gasteiger partial charge in [0.05, 0.1) is 0 Å². The van der Waals surface area contributed by atoms with Crippen LogP contribution in [0, 0.1) is 46.3 Å². The quantitative estimate of drug-likeness (QED) is 0.161. The lowest BCUT2D eigenvalue weighted by atomic mass is 9.47. The summed E-state index contributed by atoms with van der Waals surface area (Å²) in [6.07, 6.45) is 17.6. The maximum atomic E-state index is 12.9. The fraction of sp³-hybridized carbons (Fsp3) is 0.750. The molecule has 1 aromatic rings. The molecule has 0 unspecified atom stereocenters. The number of esters is 1. The van der Waals surface area contributed by atoms with Crippen LogP contribution in [0.5, 0.6) is 0 Å². The zero-order chi connectivity index (χ0) is 27.8. The summed E-state index contributed by atoms with van der Waals surface area (Å²) in [4.78, 5) is 12.7. The van der Waals surface area contributed by atoms with E-state index in [0.29, 0.717) is 17.3 Å². The molecule has 0 aromatic heterocycles. The highest BCUT2D eigenvalue weighted by atomic mass is 79.9. The van der Waals surface area contributed by atoms with Gasteiger partial charge in [-0.15, -0.1) is 0 Å². The van der Waals surface area contributed by atoms with Crippen LogP contribution in [0.1, 0.15) is 111 Å². The SMILES string of the molecule is CC(C)CCC[C@@H](C)[C@@H]1CC[C@H]2[C@H]3CC=C4C[C@@H](OC(=O)[C@H](Br)Cc5ccccc5)CC[C@]4(C)[C@@H]3CC[C@@]21C. The van der Waals surface area contributed by atoms with Gasteiger partial charge in [-0.05, 0) is 103 Å². The first kappa shape index (κ1) is 29.4. The molecule has 0 aliphatic heterocycles.